The van der Waals surface area contributed by atoms with Crippen molar-refractivity contribution < 1.29 is 5.11 Å². The molecular weight excluding hydrogens is 252 g/mol. The van der Waals surface area contributed by atoms with E-state index >= 15 is 0 Å². The molecule has 0 unspecified atom stereocenters. The van der Waals surface area contributed by atoms with Crippen molar-refractivity contribution in [3.8, 4) is 6.07 Å². The number of hydrogen-bond donors (Lipinski definition) is 2. The number of benzene rings is 1. The van der Waals surface area contributed by atoms with Gasteiger partial charge in [0.1, 0.15) is 6.07 Å². The standard InChI is InChI=1S/C15H22N4O/c1-15(2,20)11-18-6-8-19(9-7-18)13-5-3-4-12(10-16)14(13)17/h3-5,20H,6-9,11,17H2,1-2H3. The molecule has 0 atom stereocenters. The number of nitrogens with two attached hydrogens (primary N) is 1. The van der Waals surface area contributed by atoms with Crippen molar-refractivity contribution in [1.82, 2.24) is 4.90 Å². The van der Waals surface area contributed by atoms with Gasteiger partial charge in [-0.1, -0.05) is 6.07 Å². The van der Waals surface area contributed by atoms with Crippen LogP contribution < -0.4 is 10.6 Å². The summed E-state index contributed by atoms with van der Waals surface area (Å²) in [5.41, 5.74) is 7.41. The minimum Gasteiger partial charge on any atom is -0.396 e. The molecule has 1 saturated heterocycles. The van der Waals surface area contributed by atoms with Gasteiger partial charge in [0, 0.05) is 32.7 Å². The first-order chi connectivity index (χ1) is 9.40. The molecule has 0 aliphatic carbocycles. The predicted molar refractivity (Wildman–Crippen MR) is 80.5 cm³/mol. The third-order valence-electron chi connectivity index (χ3n) is 3.53. The van der Waals surface area contributed by atoms with Crippen LogP contribution in [-0.2, 0) is 0 Å². The van der Waals surface area contributed by atoms with Gasteiger partial charge in [0.25, 0.3) is 0 Å². The van der Waals surface area contributed by atoms with E-state index in [1.807, 2.05) is 26.0 Å². The summed E-state index contributed by atoms with van der Waals surface area (Å²) in [5.74, 6) is 0. The number of nitriles is 1. The summed E-state index contributed by atoms with van der Waals surface area (Å²) in [4.78, 5) is 4.46. The van der Waals surface area contributed by atoms with Crippen molar-refractivity contribution in [2.75, 3.05) is 43.4 Å². The molecule has 0 aromatic heterocycles. The fraction of sp³-hybridized carbons (Fsp3) is 0.533. The highest BCUT2D eigenvalue weighted by molar-refractivity contribution is 5.74. The molecule has 3 N–H and O–H groups in total. The Morgan fingerprint density at radius 3 is 2.50 bits per heavy atom. The molecule has 0 radical (unpaired) electrons. The quantitative estimate of drug-likeness (QED) is 0.805. The number of rotatable bonds is 3. The zero-order valence-electron chi connectivity index (χ0n) is 12.1. The van der Waals surface area contributed by atoms with E-state index in [9.17, 15) is 5.11 Å². The predicted octanol–water partition coefficient (Wildman–Crippen LogP) is 1.03. The van der Waals surface area contributed by atoms with Gasteiger partial charge >= 0.3 is 0 Å². The molecule has 0 bridgehead atoms. The van der Waals surface area contributed by atoms with E-state index in [1.54, 1.807) is 6.07 Å². The van der Waals surface area contributed by atoms with E-state index in [2.05, 4.69) is 15.9 Å². The molecular formula is C15H22N4O. The zero-order valence-corrected chi connectivity index (χ0v) is 12.1. The number of hydrogen-bond acceptors (Lipinski definition) is 5. The number of β-amino-alcohol motifs (C(OH)–C–C–N with tert-alkyl or cyclic N) is 1. The Labute approximate surface area is 120 Å². The highest BCUT2D eigenvalue weighted by Gasteiger charge is 2.23. The SMILES string of the molecule is CC(C)(O)CN1CCN(c2cccc(C#N)c2N)CC1. The fourth-order valence-electron chi connectivity index (χ4n) is 2.62. The fourth-order valence-corrected chi connectivity index (χ4v) is 2.62. The van der Waals surface area contributed by atoms with Gasteiger partial charge in [-0.25, -0.2) is 0 Å². The molecule has 2 rings (SSSR count). The van der Waals surface area contributed by atoms with Crippen molar-refractivity contribution in [2.24, 2.45) is 0 Å². The summed E-state index contributed by atoms with van der Waals surface area (Å²) >= 11 is 0. The molecule has 0 saturated carbocycles. The van der Waals surface area contributed by atoms with Crippen LogP contribution in [0.2, 0.25) is 0 Å². The van der Waals surface area contributed by atoms with E-state index in [0.717, 1.165) is 31.9 Å². The van der Waals surface area contributed by atoms with Gasteiger partial charge in [0.15, 0.2) is 0 Å². The lowest BCUT2D eigenvalue weighted by atomic mass is 10.1. The van der Waals surface area contributed by atoms with Gasteiger partial charge in [-0.2, -0.15) is 5.26 Å². The summed E-state index contributed by atoms with van der Waals surface area (Å²) < 4.78 is 0. The normalized spacial score (nSPS) is 17.0. The average molecular weight is 274 g/mol. The Morgan fingerprint density at radius 2 is 1.95 bits per heavy atom. The molecule has 1 aliphatic heterocycles. The van der Waals surface area contributed by atoms with Crippen LogP contribution in [0.25, 0.3) is 0 Å². The van der Waals surface area contributed by atoms with Gasteiger partial charge in [-0.05, 0) is 26.0 Å². The highest BCUT2D eigenvalue weighted by Crippen LogP contribution is 2.27. The van der Waals surface area contributed by atoms with Crippen molar-refractivity contribution >= 4 is 11.4 Å². The molecule has 0 amide bonds. The van der Waals surface area contributed by atoms with Crippen LogP contribution in [-0.4, -0.2) is 48.3 Å². The average Bonchev–Trinajstić information content (AvgIpc) is 2.38. The molecule has 108 valence electrons. The molecule has 1 fully saturated rings. The topological polar surface area (TPSA) is 76.5 Å². The van der Waals surface area contributed by atoms with Gasteiger partial charge < -0.3 is 15.7 Å². The molecule has 5 heteroatoms. The van der Waals surface area contributed by atoms with Crippen LogP contribution in [0.5, 0.6) is 0 Å². The molecule has 20 heavy (non-hydrogen) atoms. The Balaban J connectivity index is 2.03. The number of aliphatic hydroxyl groups is 1. The minimum absolute atomic E-state index is 0.529. The first-order valence-electron chi connectivity index (χ1n) is 6.89. The second-order valence-corrected chi connectivity index (χ2v) is 5.93. The van der Waals surface area contributed by atoms with Crippen LogP contribution in [0.1, 0.15) is 19.4 Å². The largest absolute Gasteiger partial charge is 0.396 e. The lowest BCUT2D eigenvalue weighted by Crippen LogP contribution is -2.50. The molecule has 1 aromatic carbocycles. The van der Waals surface area contributed by atoms with Gasteiger partial charge in [0.2, 0.25) is 0 Å². The Bertz CT molecular complexity index is 508. The third kappa shape index (κ3) is 3.41. The summed E-state index contributed by atoms with van der Waals surface area (Å²) in [6.07, 6.45) is 0. The maximum absolute atomic E-state index is 9.85. The van der Waals surface area contributed by atoms with Crippen molar-refractivity contribution in [2.45, 2.75) is 19.4 Å². The van der Waals surface area contributed by atoms with E-state index in [1.165, 1.54) is 0 Å². The lowest BCUT2D eigenvalue weighted by molar-refractivity contribution is 0.0345. The summed E-state index contributed by atoms with van der Waals surface area (Å²) in [7, 11) is 0. The summed E-state index contributed by atoms with van der Waals surface area (Å²) in [5, 5.41) is 18.9. The Hall–Kier alpha value is -1.77. The van der Waals surface area contributed by atoms with E-state index in [0.29, 0.717) is 17.8 Å². The zero-order chi connectivity index (χ0) is 14.8. The third-order valence-corrected chi connectivity index (χ3v) is 3.53. The van der Waals surface area contributed by atoms with Crippen LogP contribution in [0.15, 0.2) is 18.2 Å². The Kier molecular flexibility index (Phi) is 4.17. The van der Waals surface area contributed by atoms with Crippen LogP contribution in [0.3, 0.4) is 0 Å². The number of nitrogens with zero attached hydrogens (tertiary/aromatic N) is 3. The maximum atomic E-state index is 9.85. The lowest BCUT2D eigenvalue weighted by Gasteiger charge is -2.38. The van der Waals surface area contributed by atoms with E-state index < -0.39 is 5.60 Å². The summed E-state index contributed by atoms with van der Waals surface area (Å²) in [6.45, 7) is 7.82. The van der Waals surface area contributed by atoms with Gasteiger partial charge in [-0.15, -0.1) is 0 Å². The second kappa shape index (κ2) is 5.70. The Morgan fingerprint density at radius 1 is 1.30 bits per heavy atom. The van der Waals surface area contributed by atoms with E-state index in [4.69, 9.17) is 11.0 Å². The second-order valence-electron chi connectivity index (χ2n) is 5.93. The molecule has 1 heterocycles. The molecule has 1 aromatic rings. The maximum Gasteiger partial charge on any atom is 0.101 e. The van der Waals surface area contributed by atoms with Gasteiger partial charge in [-0.3, -0.25) is 4.90 Å². The van der Waals surface area contributed by atoms with Crippen LogP contribution in [0.4, 0.5) is 11.4 Å². The van der Waals surface area contributed by atoms with Gasteiger partial charge in [0.05, 0.1) is 22.5 Å². The highest BCUT2D eigenvalue weighted by atomic mass is 16.3. The molecule has 5 nitrogen and oxygen atoms in total. The number of nitrogen functional groups attached to an aromatic ring is 1. The number of anilines is 2. The smallest absolute Gasteiger partial charge is 0.101 e. The monoisotopic (exact) mass is 274 g/mol. The van der Waals surface area contributed by atoms with Crippen molar-refractivity contribution in [1.29, 1.82) is 5.26 Å². The molecule has 0 spiro atoms. The number of piperazine rings is 1. The van der Waals surface area contributed by atoms with E-state index in [-0.39, 0.29) is 0 Å². The van der Waals surface area contributed by atoms with Crippen molar-refractivity contribution in [3.63, 3.8) is 0 Å². The minimum atomic E-state index is -0.665. The van der Waals surface area contributed by atoms with Crippen LogP contribution in [0, 0.1) is 11.3 Å². The van der Waals surface area contributed by atoms with Crippen LogP contribution >= 0.6 is 0 Å². The molecule has 1 aliphatic rings. The first-order valence-corrected chi connectivity index (χ1v) is 6.89. The summed E-state index contributed by atoms with van der Waals surface area (Å²) in [6, 6.07) is 7.69. The first kappa shape index (κ1) is 14.6. The van der Waals surface area contributed by atoms with Crippen molar-refractivity contribution in [3.05, 3.63) is 23.8 Å². The number of para-hydroxylation sites is 1.